The number of rotatable bonds is 12. The quantitative estimate of drug-likeness (QED) is 0.234. The van der Waals surface area contributed by atoms with Gasteiger partial charge in [-0.25, -0.2) is 8.42 Å². The molecule has 0 fully saturated rings. The highest BCUT2D eigenvalue weighted by molar-refractivity contribution is 7.92. The molecule has 0 saturated heterocycles. The number of halogens is 1. The molecule has 1 N–H and O–H groups in total. The Bertz CT molecular complexity index is 1670. The third-order valence-corrected chi connectivity index (χ3v) is 9.24. The van der Waals surface area contributed by atoms with Crippen LogP contribution in [0.5, 0.6) is 5.75 Å². The van der Waals surface area contributed by atoms with E-state index in [0.29, 0.717) is 5.75 Å². The monoisotopic (exact) mass is 619 g/mol. The van der Waals surface area contributed by atoms with E-state index in [1.807, 2.05) is 61.5 Å². The topological polar surface area (TPSA) is 96.0 Å². The number of nitrogens with one attached hydrogen (secondary N) is 1. The Balaban J connectivity index is 1.81. The van der Waals surface area contributed by atoms with Crippen LogP contribution in [-0.4, -0.2) is 51.9 Å². The zero-order valence-electron chi connectivity index (χ0n) is 24.2. The molecule has 0 saturated carbocycles. The van der Waals surface area contributed by atoms with Gasteiger partial charge in [-0.1, -0.05) is 84.4 Å². The van der Waals surface area contributed by atoms with Gasteiger partial charge in [0, 0.05) is 20.0 Å². The van der Waals surface area contributed by atoms with Crippen LogP contribution in [0, 0.1) is 6.92 Å². The van der Waals surface area contributed by atoms with Crippen LogP contribution in [0.25, 0.3) is 0 Å². The number of sulfonamides is 1. The number of nitrogens with zero attached hydrogens (tertiary/aromatic N) is 2. The van der Waals surface area contributed by atoms with Crippen LogP contribution in [0.2, 0.25) is 5.02 Å². The van der Waals surface area contributed by atoms with E-state index < -0.39 is 28.5 Å². The number of carbonyl (C=O) groups excluding carboxylic acids is 2. The van der Waals surface area contributed by atoms with Crippen LogP contribution in [0.15, 0.2) is 108 Å². The molecule has 4 aromatic rings. The highest BCUT2D eigenvalue weighted by Crippen LogP contribution is 2.32. The van der Waals surface area contributed by atoms with Crippen molar-refractivity contribution in [2.45, 2.75) is 30.8 Å². The molecule has 1 atom stereocenters. The summed E-state index contributed by atoms with van der Waals surface area (Å²) in [7, 11) is -1.25. The lowest BCUT2D eigenvalue weighted by Gasteiger charge is -2.34. The van der Waals surface area contributed by atoms with Gasteiger partial charge in [0.05, 0.1) is 22.7 Å². The Labute approximate surface area is 257 Å². The summed E-state index contributed by atoms with van der Waals surface area (Å²) >= 11 is 6.40. The molecule has 0 unspecified atom stereocenters. The third kappa shape index (κ3) is 7.55. The maximum absolute atomic E-state index is 14.4. The zero-order valence-corrected chi connectivity index (χ0v) is 25.8. The number of hydrogen-bond acceptors (Lipinski definition) is 5. The molecule has 0 aliphatic carbocycles. The predicted molar refractivity (Wildman–Crippen MR) is 169 cm³/mol. The van der Waals surface area contributed by atoms with Gasteiger partial charge in [0.25, 0.3) is 10.0 Å². The van der Waals surface area contributed by atoms with Crippen molar-refractivity contribution in [2.24, 2.45) is 0 Å². The number of hydrogen-bond donors (Lipinski definition) is 1. The average Bonchev–Trinajstić information content (AvgIpc) is 3.02. The summed E-state index contributed by atoms with van der Waals surface area (Å²) in [5.74, 6) is -0.562. The fourth-order valence-corrected chi connectivity index (χ4v) is 6.43. The molecule has 10 heteroatoms. The van der Waals surface area contributed by atoms with Crippen LogP contribution in [0.1, 0.15) is 16.7 Å². The molecule has 0 radical (unpaired) electrons. The van der Waals surface area contributed by atoms with Crippen molar-refractivity contribution >= 4 is 39.1 Å². The van der Waals surface area contributed by atoms with Gasteiger partial charge in [0.2, 0.25) is 11.8 Å². The van der Waals surface area contributed by atoms with Gasteiger partial charge in [0.15, 0.2) is 0 Å². The maximum atomic E-state index is 14.4. The minimum atomic E-state index is -4.22. The molecule has 0 aliphatic rings. The largest absolute Gasteiger partial charge is 0.495 e. The first-order chi connectivity index (χ1) is 20.6. The van der Waals surface area contributed by atoms with Crippen molar-refractivity contribution < 1.29 is 22.7 Å². The Hall–Kier alpha value is -4.34. The Kier molecular flexibility index (Phi) is 10.4. The normalized spacial score (nSPS) is 11.8. The van der Waals surface area contributed by atoms with Gasteiger partial charge in [-0.05, 0) is 53.9 Å². The number of methoxy groups -OCH3 is 1. The van der Waals surface area contributed by atoms with E-state index in [9.17, 15) is 18.0 Å². The van der Waals surface area contributed by atoms with Crippen molar-refractivity contribution in [3.8, 4) is 5.75 Å². The highest BCUT2D eigenvalue weighted by Gasteiger charge is 2.34. The Morgan fingerprint density at radius 1 is 0.907 bits per heavy atom. The summed E-state index contributed by atoms with van der Waals surface area (Å²) in [5.41, 5.74) is 2.81. The molecule has 224 valence electrons. The summed E-state index contributed by atoms with van der Waals surface area (Å²) in [5, 5.41) is 2.87. The van der Waals surface area contributed by atoms with Crippen molar-refractivity contribution in [1.82, 2.24) is 10.2 Å². The molecule has 0 aromatic heterocycles. The standard InChI is InChI=1S/C33H34ClN3O5S/c1-24-12-10-11-15-26(24)22-36(30(33(39)35-2)20-25-13-6-4-7-14-25)32(38)23-37(27-18-19-31(42-3)29(34)21-27)43(40,41)28-16-8-5-9-17-28/h4-19,21,30H,20,22-23H2,1-3H3,(H,35,39)/t30-/m1/s1. The lowest BCUT2D eigenvalue weighted by Crippen LogP contribution is -2.53. The summed E-state index contributed by atoms with van der Waals surface area (Å²) in [6, 6.07) is 28.4. The van der Waals surface area contributed by atoms with Gasteiger partial charge < -0.3 is 15.0 Å². The maximum Gasteiger partial charge on any atom is 0.264 e. The minimum absolute atomic E-state index is 0.00679. The fraction of sp³-hybridized carbons (Fsp3) is 0.212. The van der Waals surface area contributed by atoms with E-state index in [4.69, 9.17) is 16.3 Å². The van der Waals surface area contributed by atoms with Crippen LogP contribution >= 0.6 is 11.6 Å². The second-order valence-electron chi connectivity index (χ2n) is 9.91. The molecular weight excluding hydrogens is 586 g/mol. The van der Waals surface area contributed by atoms with Crippen molar-refractivity contribution in [1.29, 1.82) is 0 Å². The number of likely N-dealkylation sites (N-methyl/N-ethyl adjacent to an activating group) is 1. The van der Waals surface area contributed by atoms with Crippen molar-refractivity contribution in [3.63, 3.8) is 0 Å². The van der Waals surface area contributed by atoms with Gasteiger partial charge in [-0.3, -0.25) is 13.9 Å². The molecule has 43 heavy (non-hydrogen) atoms. The SMILES string of the molecule is CNC(=O)[C@@H](Cc1ccccc1)N(Cc1ccccc1C)C(=O)CN(c1ccc(OC)c(Cl)c1)S(=O)(=O)c1ccccc1. The van der Waals surface area contributed by atoms with E-state index in [2.05, 4.69) is 5.32 Å². The van der Waals surface area contributed by atoms with E-state index >= 15 is 0 Å². The van der Waals surface area contributed by atoms with Crippen LogP contribution in [-0.2, 0) is 32.6 Å². The summed E-state index contributed by atoms with van der Waals surface area (Å²) < 4.78 is 34.3. The summed E-state index contributed by atoms with van der Waals surface area (Å²) in [6.45, 7) is 1.45. The summed E-state index contributed by atoms with van der Waals surface area (Å²) in [6.07, 6.45) is 0.234. The second-order valence-corrected chi connectivity index (χ2v) is 12.2. The fourth-order valence-electron chi connectivity index (χ4n) is 4.75. The molecule has 0 bridgehead atoms. The van der Waals surface area contributed by atoms with Gasteiger partial charge in [0.1, 0.15) is 18.3 Å². The molecule has 2 amide bonds. The smallest absolute Gasteiger partial charge is 0.264 e. The lowest BCUT2D eigenvalue weighted by atomic mass is 10.0. The number of ether oxygens (including phenoxy) is 1. The van der Waals surface area contributed by atoms with Crippen molar-refractivity contribution in [2.75, 3.05) is 25.0 Å². The van der Waals surface area contributed by atoms with E-state index in [-0.39, 0.29) is 34.5 Å². The molecule has 0 spiro atoms. The molecule has 0 heterocycles. The first-order valence-corrected chi connectivity index (χ1v) is 15.5. The van der Waals surface area contributed by atoms with E-state index in [1.165, 1.54) is 43.3 Å². The van der Waals surface area contributed by atoms with Crippen LogP contribution < -0.4 is 14.4 Å². The van der Waals surface area contributed by atoms with E-state index in [0.717, 1.165) is 21.0 Å². The second kappa shape index (κ2) is 14.2. The number of aryl methyl sites for hydroxylation is 1. The van der Waals surface area contributed by atoms with Gasteiger partial charge >= 0.3 is 0 Å². The molecule has 8 nitrogen and oxygen atoms in total. The average molecular weight is 620 g/mol. The number of benzene rings is 4. The van der Waals surface area contributed by atoms with Crippen molar-refractivity contribution in [3.05, 3.63) is 125 Å². The molecule has 0 aliphatic heterocycles. The zero-order chi connectivity index (χ0) is 31.0. The summed E-state index contributed by atoms with van der Waals surface area (Å²) in [4.78, 5) is 29.2. The third-order valence-electron chi connectivity index (χ3n) is 7.15. The minimum Gasteiger partial charge on any atom is -0.495 e. The Morgan fingerprint density at radius 3 is 2.14 bits per heavy atom. The number of carbonyl (C=O) groups is 2. The lowest BCUT2D eigenvalue weighted by molar-refractivity contribution is -0.139. The van der Waals surface area contributed by atoms with Gasteiger partial charge in [-0.15, -0.1) is 0 Å². The Morgan fingerprint density at radius 2 is 1.53 bits per heavy atom. The first-order valence-electron chi connectivity index (χ1n) is 13.7. The molecular formula is C33H34ClN3O5S. The van der Waals surface area contributed by atoms with Gasteiger partial charge in [-0.2, -0.15) is 0 Å². The molecule has 4 rings (SSSR count). The number of amides is 2. The van der Waals surface area contributed by atoms with Crippen LogP contribution in [0.3, 0.4) is 0 Å². The molecule has 4 aromatic carbocycles. The predicted octanol–water partition coefficient (Wildman–Crippen LogP) is 5.24. The van der Waals surface area contributed by atoms with E-state index in [1.54, 1.807) is 24.3 Å². The van der Waals surface area contributed by atoms with Crippen LogP contribution in [0.4, 0.5) is 5.69 Å². The number of anilines is 1. The highest BCUT2D eigenvalue weighted by atomic mass is 35.5. The first kappa shape index (κ1) is 31.6.